The third-order valence-electron chi connectivity index (χ3n) is 2.09. The van der Waals surface area contributed by atoms with E-state index in [1.54, 1.807) is 6.20 Å². The molecule has 0 aliphatic rings. The van der Waals surface area contributed by atoms with Gasteiger partial charge in [-0.1, -0.05) is 41.4 Å². The summed E-state index contributed by atoms with van der Waals surface area (Å²) in [6, 6.07) is 7.99. The molecule has 76 valence electrons. The molecule has 2 aromatic rings. The van der Waals surface area contributed by atoms with E-state index in [4.69, 9.17) is 17.3 Å². The van der Waals surface area contributed by atoms with Crippen LogP contribution in [0, 0.1) is 6.92 Å². The highest BCUT2D eigenvalue weighted by Crippen LogP contribution is 2.26. The summed E-state index contributed by atoms with van der Waals surface area (Å²) in [7, 11) is 0. The van der Waals surface area contributed by atoms with Gasteiger partial charge in [0, 0.05) is 11.8 Å². The Labute approximate surface area is 92.9 Å². The van der Waals surface area contributed by atoms with E-state index in [-0.39, 0.29) is 5.95 Å². The zero-order chi connectivity index (χ0) is 10.8. The summed E-state index contributed by atoms with van der Waals surface area (Å²) < 4.78 is 0. The molecule has 0 bridgehead atoms. The Hall–Kier alpha value is -1.61. The number of rotatable bonds is 1. The Balaban J connectivity index is 2.54. The molecule has 15 heavy (non-hydrogen) atoms. The van der Waals surface area contributed by atoms with Crippen LogP contribution in [0.25, 0.3) is 11.1 Å². The second-order valence-corrected chi connectivity index (χ2v) is 3.66. The minimum absolute atomic E-state index is 0.191. The van der Waals surface area contributed by atoms with Crippen molar-refractivity contribution in [2.75, 3.05) is 5.73 Å². The number of aryl methyl sites for hydroxylation is 1. The van der Waals surface area contributed by atoms with Gasteiger partial charge in [0.25, 0.3) is 0 Å². The molecule has 0 aliphatic carbocycles. The fraction of sp³-hybridized carbons (Fsp3) is 0.0909. The van der Waals surface area contributed by atoms with E-state index in [2.05, 4.69) is 9.97 Å². The summed E-state index contributed by atoms with van der Waals surface area (Å²) in [6.45, 7) is 2.02. The monoisotopic (exact) mass is 219 g/mol. The van der Waals surface area contributed by atoms with Crippen molar-refractivity contribution in [3.05, 3.63) is 41.2 Å². The Kier molecular flexibility index (Phi) is 2.56. The second-order valence-electron chi connectivity index (χ2n) is 3.30. The van der Waals surface area contributed by atoms with Gasteiger partial charge in [-0.2, -0.15) is 0 Å². The average Bonchev–Trinajstić information content (AvgIpc) is 2.17. The van der Waals surface area contributed by atoms with Crippen LogP contribution in [-0.4, -0.2) is 9.97 Å². The lowest BCUT2D eigenvalue weighted by atomic mass is 10.1. The lowest BCUT2D eigenvalue weighted by Crippen LogP contribution is -1.95. The third-order valence-corrected chi connectivity index (χ3v) is 2.38. The van der Waals surface area contributed by atoms with Crippen LogP contribution in [0.3, 0.4) is 0 Å². The third kappa shape index (κ3) is 2.07. The van der Waals surface area contributed by atoms with Crippen LogP contribution < -0.4 is 5.73 Å². The molecule has 0 amide bonds. The normalized spacial score (nSPS) is 10.3. The number of halogens is 1. The molecule has 2 rings (SSSR count). The van der Waals surface area contributed by atoms with Gasteiger partial charge in [-0.15, -0.1) is 0 Å². The van der Waals surface area contributed by atoms with E-state index in [9.17, 15) is 0 Å². The predicted octanol–water partition coefficient (Wildman–Crippen LogP) is 2.69. The first-order valence-electron chi connectivity index (χ1n) is 4.52. The predicted molar refractivity (Wildman–Crippen MR) is 61.6 cm³/mol. The van der Waals surface area contributed by atoms with Crippen molar-refractivity contribution in [1.29, 1.82) is 0 Å². The molecule has 0 saturated heterocycles. The molecule has 1 aromatic carbocycles. The first kappa shape index (κ1) is 9.93. The summed E-state index contributed by atoms with van der Waals surface area (Å²) in [5.74, 6) is 0.191. The SMILES string of the molecule is Cc1cccc(-c2cnc(N)nc2Cl)c1. The number of hydrogen-bond donors (Lipinski definition) is 1. The van der Waals surface area contributed by atoms with Crippen molar-refractivity contribution in [2.24, 2.45) is 0 Å². The first-order chi connectivity index (χ1) is 7.16. The highest BCUT2D eigenvalue weighted by atomic mass is 35.5. The maximum Gasteiger partial charge on any atom is 0.221 e. The summed E-state index contributed by atoms with van der Waals surface area (Å²) >= 11 is 5.99. The number of hydrogen-bond acceptors (Lipinski definition) is 3. The Morgan fingerprint density at radius 1 is 1.33 bits per heavy atom. The molecule has 0 saturated carbocycles. The topological polar surface area (TPSA) is 51.8 Å². The minimum Gasteiger partial charge on any atom is -0.368 e. The molecule has 4 heteroatoms. The van der Waals surface area contributed by atoms with Crippen molar-refractivity contribution >= 4 is 17.5 Å². The van der Waals surface area contributed by atoms with Crippen LogP contribution in [-0.2, 0) is 0 Å². The van der Waals surface area contributed by atoms with Crippen molar-refractivity contribution in [3.63, 3.8) is 0 Å². The molecule has 0 atom stereocenters. The van der Waals surface area contributed by atoms with E-state index in [0.717, 1.165) is 11.1 Å². The van der Waals surface area contributed by atoms with Gasteiger partial charge in [-0.25, -0.2) is 9.97 Å². The molecule has 3 nitrogen and oxygen atoms in total. The standard InChI is InChI=1S/C11H10ClN3/c1-7-3-2-4-8(5-7)9-6-14-11(13)15-10(9)12/h2-6H,1H3,(H2,13,14,15). The van der Waals surface area contributed by atoms with Gasteiger partial charge in [0.2, 0.25) is 5.95 Å². The largest absolute Gasteiger partial charge is 0.368 e. The van der Waals surface area contributed by atoms with Crippen LogP contribution >= 0.6 is 11.6 Å². The van der Waals surface area contributed by atoms with Crippen molar-refractivity contribution < 1.29 is 0 Å². The van der Waals surface area contributed by atoms with Gasteiger partial charge in [0.1, 0.15) is 5.15 Å². The molecule has 0 fully saturated rings. The summed E-state index contributed by atoms with van der Waals surface area (Å²) in [6.07, 6.45) is 1.64. The number of nitrogens with two attached hydrogens (primary N) is 1. The number of benzene rings is 1. The van der Waals surface area contributed by atoms with Crippen LogP contribution in [0.15, 0.2) is 30.5 Å². The second kappa shape index (κ2) is 3.87. The molecule has 1 heterocycles. The lowest BCUT2D eigenvalue weighted by Gasteiger charge is -2.04. The highest BCUT2D eigenvalue weighted by Gasteiger charge is 2.05. The lowest BCUT2D eigenvalue weighted by molar-refractivity contribution is 1.19. The smallest absolute Gasteiger partial charge is 0.221 e. The number of aromatic nitrogens is 2. The molecule has 0 aliphatic heterocycles. The minimum atomic E-state index is 0.191. The van der Waals surface area contributed by atoms with E-state index in [1.165, 1.54) is 5.56 Å². The highest BCUT2D eigenvalue weighted by molar-refractivity contribution is 6.32. The zero-order valence-corrected chi connectivity index (χ0v) is 8.99. The molecular weight excluding hydrogens is 210 g/mol. The van der Waals surface area contributed by atoms with E-state index in [1.807, 2.05) is 31.2 Å². The van der Waals surface area contributed by atoms with E-state index >= 15 is 0 Å². The fourth-order valence-electron chi connectivity index (χ4n) is 1.38. The zero-order valence-electron chi connectivity index (χ0n) is 8.24. The molecular formula is C11H10ClN3. The van der Waals surface area contributed by atoms with Crippen molar-refractivity contribution in [2.45, 2.75) is 6.92 Å². The van der Waals surface area contributed by atoms with E-state index < -0.39 is 0 Å². The molecule has 0 unspecified atom stereocenters. The first-order valence-corrected chi connectivity index (χ1v) is 4.89. The maximum absolute atomic E-state index is 5.99. The van der Waals surface area contributed by atoms with Gasteiger partial charge in [-0.05, 0) is 12.5 Å². The van der Waals surface area contributed by atoms with Gasteiger partial charge in [-0.3, -0.25) is 0 Å². The van der Waals surface area contributed by atoms with E-state index in [0.29, 0.717) is 5.15 Å². The molecule has 1 aromatic heterocycles. The quantitative estimate of drug-likeness (QED) is 0.751. The van der Waals surface area contributed by atoms with Gasteiger partial charge in [0.05, 0.1) is 0 Å². The summed E-state index contributed by atoms with van der Waals surface area (Å²) in [5, 5.41) is 0.383. The van der Waals surface area contributed by atoms with Crippen LogP contribution in [0.5, 0.6) is 0 Å². The van der Waals surface area contributed by atoms with Gasteiger partial charge < -0.3 is 5.73 Å². The van der Waals surface area contributed by atoms with Crippen LogP contribution in [0.2, 0.25) is 5.15 Å². The number of nitrogen functional groups attached to an aromatic ring is 1. The van der Waals surface area contributed by atoms with Crippen LogP contribution in [0.1, 0.15) is 5.56 Å². The van der Waals surface area contributed by atoms with Crippen molar-refractivity contribution in [3.8, 4) is 11.1 Å². The Bertz CT molecular complexity index is 497. The average molecular weight is 220 g/mol. The molecule has 2 N–H and O–H groups in total. The van der Waals surface area contributed by atoms with Gasteiger partial charge >= 0.3 is 0 Å². The Morgan fingerprint density at radius 2 is 2.13 bits per heavy atom. The molecule has 0 spiro atoms. The fourth-order valence-corrected chi connectivity index (χ4v) is 1.62. The number of nitrogens with zero attached hydrogens (tertiary/aromatic N) is 2. The Morgan fingerprint density at radius 3 is 2.80 bits per heavy atom. The van der Waals surface area contributed by atoms with Gasteiger partial charge in [0.15, 0.2) is 0 Å². The maximum atomic E-state index is 5.99. The molecule has 0 radical (unpaired) electrons. The van der Waals surface area contributed by atoms with Crippen LogP contribution in [0.4, 0.5) is 5.95 Å². The van der Waals surface area contributed by atoms with Crippen molar-refractivity contribution in [1.82, 2.24) is 9.97 Å². The number of anilines is 1. The summed E-state index contributed by atoms with van der Waals surface area (Å²) in [4.78, 5) is 7.84. The summed E-state index contributed by atoms with van der Waals surface area (Å²) in [5.41, 5.74) is 8.40.